The lowest BCUT2D eigenvalue weighted by molar-refractivity contribution is -0.126. The van der Waals surface area contributed by atoms with Gasteiger partial charge in [-0.1, -0.05) is 13.8 Å². The minimum Gasteiger partial charge on any atom is -0.379 e. The minimum absolute atomic E-state index is 0.0811. The Hall–Kier alpha value is -0.690. The molecule has 3 atom stereocenters. The van der Waals surface area contributed by atoms with E-state index in [-0.39, 0.29) is 24.0 Å². The summed E-state index contributed by atoms with van der Waals surface area (Å²) in [6.07, 6.45) is 1.17. The molecule has 122 valence electrons. The lowest BCUT2D eigenvalue weighted by atomic mass is 10.0. The molecule has 6 heteroatoms. The van der Waals surface area contributed by atoms with Gasteiger partial charge in [0.25, 0.3) is 0 Å². The molecule has 0 aromatic carbocycles. The monoisotopic (exact) mass is 299 g/mol. The van der Waals surface area contributed by atoms with Crippen LogP contribution in [0.1, 0.15) is 20.3 Å². The second-order valence-electron chi connectivity index (χ2n) is 5.84. The normalized spacial score (nSPS) is 30.5. The molecule has 0 radical (unpaired) electrons. The smallest absolute Gasteiger partial charge is 0.227 e. The third kappa shape index (κ3) is 4.92. The van der Waals surface area contributed by atoms with Crippen molar-refractivity contribution < 1.29 is 14.3 Å². The first kappa shape index (κ1) is 16.7. The third-order valence-corrected chi connectivity index (χ3v) is 4.25. The van der Waals surface area contributed by atoms with E-state index in [1.807, 2.05) is 0 Å². The van der Waals surface area contributed by atoms with Crippen molar-refractivity contribution >= 4 is 5.91 Å². The third-order valence-electron chi connectivity index (χ3n) is 4.25. The van der Waals surface area contributed by atoms with Gasteiger partial charge in [0, 0.05) is 25.7 Å². The van der Waals surface area contributed by atoms with Gasteiger partial charge >= 0.3 is 0 Å². The molecule has 2 rings (SSSR count). The van der Waals surface area contributed by atoms with Crippen LogP contribution in [0.2, 0.25) is 0 Å². The van der Waals surface area contributed by atoms with Crippen LogP contribution >= 0.6 is 0 Å². The molecular formula is C15H29N3O3. The first-order valence-electron chi connectivity index (χ1n) is 8.17. The molecule has 0 bridgehead atoms. The van der Waals surface area contributed by atoms with E-state index >= 15 is 0 Å². The van der Waals surface area contributed by atoms with E-state index in [9.17, 15) is 4.79 Å². The van der Waals surface area contributed by atoms with Crippen molar-refractivity contribution in [3.05, 3.63) is 0 Å². The van der Waals surface area contributed by atoms with Crippen LogP contribution in [0, 0.1) is 5.92 Å². The van der Waals surface area contributed by atoms with Crippen LogP contribution in [0.15, 0.2) is 0 Å². The Bertz CT molecular complexity index is 327. The lowest BCUT2D eigenvalue weighted by Gasteiger charge is -2.32. The zero-order valence-electron chi connectivity index (χ0n) is 13.3. The Labute approximate surface area is 127 Å². The summed E-state index contributed by atoms with van der Waals surface area (Å²) < 4.78 is 11.2. The van der Waals surface area contributed by atoms with E-state index in [0.29, 0.717) is 19.8 Å². The number of hydrogen-bond donors (Lipinski definition) is 2. The van der Waals surface area contributed by atoms with Crippen molar-refractivity contribution in [3.8, 4) is 0 Å². The fourth-order valence-electron chi connectivity index (χ4n) is 2.88. The van der Waals surface area contributed by atoms with E-state index in [1.54, 1.807) is 0 Å². The topological polar surface area (TPSA) is 62.8 Å². The first-order valence-corrected chi connectivity index (χ1v) is 8.17. The molecule has 2 fully saturated rings. The highest BCUT2D eigenvalue weighted by Gasteiger charge is 2.33. The Kier molecular flexibility index (Phi) is 6.89. The van der Waals surface area contributed by atoms with Gasteiger partial charge in [0.05, 0.1) is 31.8 Å². The van der Waals surface area contributed by atoms with Crippen molar-refractivity contribution in [2.45, 2.75) is 32.4 Å². The van der Waals surface area contributed by atoms with Gasteiger partial charge in [-0.3, -0.25) is 9.69 Å². The first-order chi connectivity index (χ1) is 10.2. The molecule has 0 spiro atoms. The Balaban J connectivity index is 1.73. The number of carbonyl (C=O) groups is 1. The Morgan fingerprint density at radius 2 is 2.19 bits per heavy atom. The van der Waals surface area contributed by atoms with Crippen LogP contribution in [-0.2, 0) is 14.3 Å². The molecule has 0 saturated carbocycles. The Morgan fingerprint density at radius 1 is 1.33 bits per heavy atom. The van der Waals surface area contributed by atoms with Gasteiger partial charge in [-0.2, -0.15) is 0 Å². The minimum atomic E-state index is -0.0811. The van der Waals surface area contributed by atoms with Gasteiger partial charge in [-0.25, -0.2) is 0 Å². The van der Waals surface area contributed by atoms with Crippen molar-refractivity contribution in [1.29, 1.82) is 0 Å². The molecule has 1 amide bonds. The van der Waals surface area contributed by atoms with Crippen LogP contribution in [0.5, 0.6) is 0 Å². The predicted octanol–water partition coefficient (Wildman–Crippen LogP) is -0.162. The number of rotatable bonds is 7. The summed E-state index contributed by atoms with van der Waals surface area (Å²) in [6.45, 7) is 10.6. The van der Waals surface area contributed by atoms with Crippen molar-refractivity contribution in [3.63, 3.8) is 0 Å². The van der Waals surface area contributed by atoms with Crippen molar-refractivity contribution in [2.24, 2.45) is 5.92 Å². The largest absolute Gasteiger partial charge is 0.379 e. The Morgan fingerprint density at radius 3 is 2.95 bits per heavy atom. The number of hydrogen-bond acceptors (Lipinski definition) is 5. The molecule has 2 aliphatic heterocycles. The fraction of sp³-hybridized carbons (Fsp3) is 0.933. The maximum atomic E-state index is 12.3. The van der Waals surface area contributed by atoms with Gasteiger partial charge in [0.15, 0.2) is 0 Å². The molecule has 3 unspecified atom stereocenters. The van der Waals surface area contributed by atoms with Crippen LogP contribution in [0.4, 0.5) is 0 Å². The zero-order valence-corrected chi connectivity index (χ0v) is 13.3. The fourth-order valence-corrected chi connectivity index (χ4v) is 2.88. The summed E-state index contributed by atoms with van der Waals surface area (Å²) in [5.41, 5.74) is 0. The van der Waals surface area contributed by atoms with E-state index in [4.69, 9.17) is 9.47 Å². The van der Waals surface area contributed by atoms with E-state index in [0.717, 1.165) is 39.2 Å². The second-order valence-corrected chi connectivity index (χ2v) is 5.84. The second kappa shape index (κ2) is 8.68. The maximum absolute atomic E-state index is 12.3. The van der Waals surface area contributed by atoms with Gasteiger partial charge in [-0.05, 0) is 19.5 Å². The molecule has 0 aliphatic carbocycles. The number of nitrogens with zero attached hydrogens (tertiary/aromatic N) is 1. The van der Waals surface area contributed by atoms with Crippen molar-refractivity contribution in [1.82, 2.24) is 15.5 Å². The predicted molar refractivity (Wildman–Crippen MR) is 81.3 cm³/mol. The zero-order chi connectivity index (χ0) is 15.1. The molecule has 2 aliphatic rings. The average molecular weight is 299 g/mol. The SMILES string of the molecule is CCCNC1COCC1C(=O)NCC1CN(CC)CCO1. The van der Waals surface area contributed by atoms with E-state index in [2.05, 4.69) is 29.4 Å². The summed E-state index contributed by atoms with van der Waals surface area (Å²) in [5, 5.41) is 6.43. The lowest BCUT2D eigenvalue weighted by Crippen LogP contribution is -2.50. The van der Waals surface area contributed by atoms with E-state index in [1.165, 1.54) is 0 Å². The molecule has 0 aromatic heterocycles. The number of amides is 1. The summed E-state index contributed by atoms with van der Waals surface area (Å²) >= 11 is 0. The highest BCUT2D eigenvalue weighted by Crippen LogP contribution is 2.14. The standard InChI is InChI=1S/C15H29N3O3/c1-3-5-16-14-11-20-10-13(14)15(19)17-8-12-9-18(4-2)6-7-21-12/h12-14,16H,3-11H2,1-2H3,(H,17,19). The van der Waals surface area contributed by atoms with Gasteiger partial charge in [0.1, 0.15) is 0 Å². The molecule has 2 N–H and O–H groups in total. The maximum Gasteiger partial charge on any atom is 0.227 e. The molecular weight excluding hydrogens is 270 g/mol. The summed E-state index contributed by atoms with van der Waals surface area (Å²) in [6, 6.07) is 0.143. The molecule has 2 heterocycles. The molecule has 0 aromatic rings. The molecule has 21 heavy (non-hydrogen) atoms. The highest BCUT2D eigenvalue weighted by molar-refractivity contribution is 5.79. The number of nitrogens with one attached hydrogen (secondary N) is 2. The average Bonchev–Trinajstić information content (AvgIpc) is 2.99. The molecule has 6 nitrogen and oxygen atoms in total. The number of morpholine rings is 1. The number of carbonyl (C=O) groups excluding carboxylic acids is 1. The molecule has 2 saturated heterocycles. The van der Waals surface area contributed by atoms with Crippen LogP contribution in [0.25, 0.3) is 0 Å². The quantitative estimate of drug-likeness (QED) is 0.684. The van der Waals surface area contributed by atoms with E-state index < -0.39 is 0 Å². The van der Waals surface area contributed by atoms with Crippen molar-refractivity contribution in [2.75, 3.05) is 52.5 Å². The van der Waals surface area contributed by atoms with Crippen LogP contribution < -0.4 is 10.6 Å². The number of likely N-dealkylation sites (N-methyl/N-ethyl adjacent to an activating group) is 1. The summed E-state index contributed by atoms with van der Waals surface area (Å²) in [7, 11) is 0. The highest BCUT2D eigenvalue weighted by atomic mass is 16.5. The summed E-state index contributed by atoms with van der Waals surface area (Å²) in [4.78, 5) is 14.7. The number of ether oxygens (including phenoxy) is 2. The van der Waals surface area contributed by atoms with Crippen LogP contribution in [-0.4, -0.2) is 75.5 Å². The van der Waals surface area contributed by atoms with Gasteiger partial charge in [0.2, 0.25) is 5.91 Å². The van der Waals surface area contributed by atoms with Gasteiger partial charge < -0.3 is 20.1 Å². The summed E-state index contributed by atoms with van der Waals surface area (Å²) in [5.74, 6) is 0.000689. The van der Waals surface area contributed by atoms with Gasteiger partial charge in [-0.15, -0.1) is 0 Å². The van der Waals surface area contributed by atoms with Crippen LogP contribution in [0.3, 0.4) is 0 Å².